The summed E-state index contributed by atoms with van der Waals surface area (Å²) < 4.78 is 16.5. The molecule has 10 heteroatoms. The molecule has 0 spiro atoms. The van der Waals surface area contributed by atoms with Crippen LogP contribution in [0.4, 0.5) is 5.82 Å². The highest BCUT2D eigenvalue weighted by atomic mass is 32.1. The molecule has 0 amide bonds. The van der Waals surface area contributed by atoms with Crippen molar-refractivity contribution in [2.45, 2.75) is 13.5 Å². The van der Waals surface area contributed by atoms with E-state index in [0.717, 1.165) is 18.9 Å². The van der Waals surface area contributed by atoms with Crippen LogP contribution in [0.5, 0.6) is 5.88 Å². The summed E-state index contributed by atoms with van der Waals surface area (Å²) in [6.45, 7) is 4.70. The number of morpholine rings is 1. The van der Waals surface area contributed by atoms with Gasteiger partial charge in [-0.25, -0.2) is 4.98 Å². The highest BCUT2D eigenvalue weighted by Crippen LogP contribution is 2.16. The van der Waals surface area contributed by atoms with Gasteiger partial charge in [0.25, 0.3) is 5.89 Å². The van der Waals surface area contributed by atoms with Crippen LogP contribution in [0.2, 0.25) is 0 Å². The molecule has 3 heterocycles. The molecule has 24 heavy (non-hydrogen) atoms. The number of rotatable bonds is 5. The van der Waals surface area contributed by atoms with Crippen LogP contribution < -0.4 is 14.6 Å². The van der Waals surface area contributed by atoms with Crippen molar-refractivity contribution in [3.63, 3.8) is 0 Å². The molecule has 0 radical (unpaired) electrons. The smallest absolute Gasteiger partial charge is 0.307 e. The molecule has 3 rings (SSSR count). The second-order valence-corrected chi connectivity index (χ2v) is 5.86. The van der Waals surface area contributed by atoms with E-state index in [1.165, 1.54) is 0 Å². The molecule has 9 nitrogen and oxygen atoms in total. The third-order valence-corrected chi connectivity index (χ3v) is 3.68. The molecular weight excluding hydrogens is 332 g/mol. The monoisotopic (exact) mass is 352 g/mol. The molecule has 2 aromatic heterocycles. The van der Waals surface area contributed by atoms with Crippen molar-refractivity contribution in [3.8, 4) is 5.88 Å². The largest absolute Gasteiger partial charge is 0.467 e. The van der Waals surface area contributed by atoms with Gasteiger partial charge in [0.05, 0.1) is 26.3 Å². The van der Waals surface area contributed by atoms with Crippen LogP contribution >= 0.6 is 12.2 Å². The molecule has 130 valence electrons. The highest BCUT2D eigenvalue weighted by Gasteiger charge is 2.16. The quantitative estimate of drug-likeness (QED) is 0.729. The van der Waals surface area contributed by atoms with E-state index in [9.17, 15) is 0 Å². The number of hydrogen-bond acceptors (Lipinski definition) is 9. The first-order valence-electron chi connectivity index (χ1n) is 7.61. The Kier molecular flexibility index (Phi) is 4.95. The van der Waals surface area contributed by atoms with Crippen molar-refractivity contribution in [1.29, 1.82) is 0 Å². The van der Waals surface area contributed by atoms with Crippen molar-refractivity contribution in [1.82, 2.24) is 19.9 Å². The molecule has 1 saturated heterocycles. The maximum Gasteiger partial charge on any atom is 0.307 e. The molecule has 2 aromatic rings. The Labute approximate surface area is 144 Å². The van der Waals surface area contributed by atoms with Crippen molar-refractivity contribution >= 4 is 18.0 Å². The SMILES string of the molecule is Cc1nc(OCc2nn(N3CCOCC3)c(=S)o2)cc(N(C)C)n1. The first-order chi connectivity index (χ1) is 11.5. The number of nitrogens with zero attached hydrogens (tertiary/aromatic N) is 6. The van der Waals surface area contributed by atoms with E-state index in [0.29, 0.717) is 35.6 Å². The summed E-state index contributed by atoms with van der Waals surface area (Å²) in [5.74, 6) is 2.27. The molecule has 0 unspecified atom stereocenters. The zero-order valence-electron chi connectivity index (χ0n) is 13.9. The van der Waals surface area contributed by atoms with Gasteiger partial charge in [0.15, 0.2) is 6.61 Å². The minimum absolute atomic E-state index is 0.143. The molecule has 0 atom stereocenters. The molecule has 0 aromatic carbocycles. The van der Waals surface area contributed by atoms with Gasteiger partial charge in [-0.3, -0.25) is 5.01 Å². The number of aromatic nitrogens is 4. The van der Waals surface area contributed by atoms with Gasteiger partial charge in [0.2, 0.25) is 5.88 Å². The van der Waals surface area contributed by atoms with Crippen LogP contribution in [0.25, 0.3) is 0 Å². The number of anilines is 1. The predicted molar refractivity (Wildman–Crippen MR) is 89.5 cm³/mol. The van der Waals surface area contributed by atoms with E-state index in [-0.39, 0.29) is 6.61 Å². The van der Waals surface area contributed by atoms with Crippen LogP contribution in [-0.2, 0) is 11.3 Å². The zero-order valence-corrected chi connectivity index (χ0v) is 14.7. The summed E-state index contributed by atoms with van der Waals surface area (Å²) in [6, 6.07) is 1.76. The third-order valence-electron chi connectivity index (χ3n) is 3.43. The molecule has 1 aliphatic rings. The first kappa shape index (κ1) is 16.7. The van der Waals surface area contributed by atoms with Gasteiger partial charge in [-0.05, 0) is 19.1 Å². The molecule has 0 N–H and O–H groups in total. The normalized spacial score (nSPS) is 14.7. The lowest BCUT2D eigenvalue weighted by atomic mass is 10.5. The Hall–Kier alpha value is -2.20. The van der Waals surface area contributed by atoms with Crippen molar-refractivity contribution < 1.29 is 13.9 Å². The summed E-state index contributed by atoms with van der Waals surface area (Å²) >= 11 is 5.22. The average molecular weight is 352 g/mol. The van der Waals surface area contributed by atoms with Crippen molar-refractivity contribution in [2.24, 2.45) is 0 Å². The fourth-order valence-corrected chi connectivity index (χ4v) is 2.51. The summed E-state index contributed by atoms with van der Waals surface area (Å²) in [7, 11) is 3.82. The van der Waals surface area contributed by atoms with Gasteiger partial charge in [-0.2, -0.15) is 4.98 Å². The molecule has 0 aliphatic carbocycles. The molecule has 1 fully saturated rings. The van der Waals surface area contributed by atoms with E-state index in [1.54, 1.807) is 10.9 Å². The van der Waals surface area contributed by atoms with Crippen molar-refractivity contribution in [3.05, 3.63) is 22.6 Å². The minimum atomic E-state index is 0.143. The van der Waals surface area contributed by atoms with E-state index >= 15 is 0 Å². The second-order valence-electron chi connectivity index (χ2n) is 5.51. The van der Waals surface area contributed by atoms with Crippen LogP contribution in [0, 0.1) is 11.8 Å². The van der Waals surface area contributed by atoms with Crippen molar-refractivity contribution in [2.75, 3.05) is 50.3 Å². The predicted octanol–water partition coefficient (Wildman–Crippen LogP) is 0.917. The van der Waals surface area contributed by atoms with E-state index in [4.69, 9.17) is 26.1 Å². The van der Waals surface area contributed by atoms with Gasteiger partial charge in [-0.15, -0.1) is 9.89 Å². The zero-order chi connectivity index (χ0) is 17.1. The summed E-state index contributed by atoms with van der Waals surface area (Å²) in [5.41, 5.74) is 0. The Morgan fingerprint density at radius 3 is 2.75 bits per heavy atom. The second kappa shape index (κ2) is 7.14. The number of aryl methyl sites for hydroxylation is 1. The molecule has 0 bridgehead atoms. The minimum Gasteiger partial charge on any atom is -0.467 e. The summed E-state index contributed by atoms with van der Waals surface area (Å²) in [4.78, 5) is 12.4. The fraction of sp³-hybridized carbons (Fsp3) is 0.571. The van der Waals surface area contributed by atoms with Gasteiger partial charge in [0.1, 0.15) is 11.6 Å². The Balaban J connectivity index is 1.70. The highest BCUT2D eigenvalue weighted by molar-refractivity contribution is 7.71. The maximum atomic E-state index is 5.68. The van der Waals surface area contributed by atoms with Gasteiger partial charge < -0.3 is 18.8 Å². The number of ether oxygens (including phenoxy) is 2. The lowest BCUT2D eigenvalue weighted by Gasteiger charge is -2.26. The number of hydrogen-bond donors (Lipinski definition) is 0. The Bertz CT molecular complexity index is 753. The van der Waals surface area contributed by atoms with E-state index in [2.05, 4.69) is 15.1 Å². The molecule has 0 saturated carbocycles. The van der Waals surface area contributed by atoms with Crippen LogP contribution in [0.1, 0.15) is 11.7 Å². The topological polar surface area (TPSA) is 81.7 Å². The fourth-order valence-electron chi connectivity index (χ4n) is 2.25. The van der Waals surface area contributed by atoms with E-state index in [1.807, 2.05) is 30.9 Å². The van der Waals surface area contributed by atoms with Crippen LogP contribution in [0.15, 0.2) is 10.5 Å². The standard InChI is InChI=1S/C14H20N6O3S/c1-10-15-11(18(2)3)8-12(16-10)22-9-13-17-20(14(24)23-13)19-4-6-21-7-5-19/h8H,4-7,9H2,1-3H3. The molecule has 1 aliphatic heterocycles. The first-order valence-corrected chi connectivity index (χ1v) is 8.01. The average Bonchev–Trinajstić information content (AvgIpc) is 2.94. The van der Waals surface area contributed by atoms with Gasteiger partial charge in [0, 0.05) is 20.2 Å². The van der Waals surface area contributed by atoms with Crippen LogP contribution in [0.3, 0.4) is 0 Å². The summed E-state index contributed by atoms with van der Waals surface area (Å²) in [6.07, 6.45) is 0. The lowest BCUT2D eigenvalue weighted by molar-refractivity contribution is 0.108. The maximum absolute atomic E-state index is 5.68. The third kappa shape index (κ3) is 3.82. The van der Waals surface area contributed by atoms with E-state index < -0.39 is 0 Å². The summed E-state index contributed by atoms with van der Waals surface area (Å²) in [5, 5.41) is 6.35. The Morgan fingerprint density at radius 2 is 2.04 bits per heavy atom. The van der Waals surface area contributed by atoms with Gasteiger partial charge >= 0.3 is 4.84 Å². The lowest BCUT2D eigenvalue weighted by Crippen LogP contribution is -2.44. The van der Waals surface area contributed by atoms with Gasteiger partial charge in [-0.1, -0.05) is 0 Å². The van der Waals surface area contributed by atoms with Crippen LogP contribution in [-0.4, -0.2) is 60.3 Å². The molecular formula is C14H20N6O3S. The Morgan fingerprint density at radius 1 is 1.29 bits per heavy atom.